The van der Waals surface area contributed by atoms with Crippen LogP contribution in [0.4, 0.5) is 0 Å². The van der Waals surface area contributed by atoms with E-state index < -0.39 is 0 Å². The smallest absolute Gasteiger partial charge is 0.0931 e. The molecule has 11 heavy (non-hydrogen) atoms. The molecule has 1 heterocycles. The van der Waals surface area contributed by atoms with E-state index in [9.17, 15) is 0 Å². The van der Waals surface area contributed by atoms with E-state index in [0.29, 0.717) is 0 Å². The first-order chi connectivity index (χ1) is 5.47. The molecule has 3 nitrogen and oxygen atoms in total. The first kappa shape index (κ1) is 8.04. The van der Waals surface area contributed by atoms with Gasteiger partial charge < -0.3 is 4.98 Å². The number of H-pyrrole nitrogens is 1. The summed E-state index contributed by atoms with van der Waals surface area (Å²) in [6.45, 7) is 0. The third-order valence-corrected chi connectivity index (χ3v) is 1.33. The van der Waals surface area contributed by atoms with E-state index in [4.69, 9.17) is 4.66 Å². The van der Waals surface area contributed by atoms with Crippen molar-refractivity contribution >= 4 is 22.9 Å². The van der Waals surface area contributed by atoms with Gasteiger partial charge in [0.15, 0.2) is 0 Å². The van der Waals surface area contributed by atoms with E-state index in [1.54, 1.807) is 6.33 Å². The summed E-state index contributed by atoms with van der Waals surface area (Å²) in [4.78, 5) is 7.07. The van der Waals surface area contributed by atoms with Gasteiger partial charge in [-0.25, -0.2) is 4.98 Å². The van der Waals surface area contributed by atoms with Crippen LogP contribution in [0.1, 0.15) is 0 Å². The van der Waals surface area contributed by atoms with Crippen molar-refractivity contribution in [2.24, 2.45) is 0 Å². The van der Waals surface area contributed by atoms with Crippen molar-refractivity contribution in [2.45, 2.75) is 0 Å². The number of aromatic nitrogens is 2. The number of hydrogen-bond acceptors (Lipinski definition) is 2. The molecule has 58 valence electrons. The van der Waals surface area contributed by atoms with Crippen molar-refractivity contribution in [2.75, 3.05) is 0 Å². The van der Waals surface area contributed by atoms with Crippen LogP contribution in [-0.2, 0) is 0 Å². The molecule has 0 spiro atoms. The Morgan fingerprint density at radius 2 is 2.00 bits per heavy atom. The number of para-hydroxylation sites is 2. The Morgan fingerprint density at radius 1 is 1.27 bits per heavy atom. The second kappa shape index (κ2) is 3.95. The maximum absolute atomic E-state index is 6.47. The molecule has 2 N–H and O–H groups in total. The van der Waals surface area contributed by atoms with Gasteiger partial charge in [-0.3, -0.25) is 4.66 Å². The Labute approximate surface area is 68.8 Å². The molecular formula is C7H7ClN2O. The fourth-order valence-corrected chi connectivity index (χ4v) is 0.880. The van der Waals surface area contributed by atoms with Crippen LogP contribution >= 0.6 is 11.9 Å². The van der Waals surface area contributed by atoms with Crippen LogP contribution < -0.4 is 0 Å². The molecule has 2 rings (SSSR count). The van der Waals surface area contributed by atoms with Crippen molar-refractivity contribution in [3.05, 3.63) is 30.6 Å². The van der Waals surface area contributed by atoms with Gasteiger partial charge in [0.2, 0.25) is 0 Å². The summed E-state index contributed by atoms with van der Waals surface area (Å²) in [6, 6.07) is 7.94. The predicted molar refractivity (Wildman–Crippen MR) is 44.2 cm³/mol. The summed E-state index contributed by atoms with van der Waals surface area (Å²) in [5.74, 6) is 0. The Morgan fingerprint density at radius 3 is 2.73 bits per heavy atom. The van der Waals surface area contributed by atoms with E-state index in [1.807, 2.05) is 24.3 Å². The van der Waals surface area contributed by atoms with E-state index in [-0.39, 0.29) is 0 Å². The molecule has 0 amide bonds. The molecule has 0 aliphatic heterocycles. The van der Waals surface area contributed by atoms with Gasteiger partial charge in [-0.1, -0.05) is 12.1 Å². The topological polar surface area (TPSA) is 48.9 Å². The SMILES string of the molecule is OCl.c1ccc2[nH]cnc2c1. The minimum absolute atomic E-state index is 1.03. The molecule has 0 bridgehead atoms. The number of fused-ring (bicyclic) bond motifs is 1. The highest BCUT2D eigenvalue weighted by Gasteiger charge is 1.88. The number of aromatic amines is 1. The average Bonchev–Trinajstić information content (AvgIpc) is 2.55. The highest BCUT2D eigenvalue weighted by molar-refractivity contribution is 6.04. The van der Waals surface area contributed by atoms with Crippen LogP contribution in [0, 0.1) is 0 Å². The normalized spacial score (nSPS) is 8.91. The van der Waals surface area contributed by atoms with Gasteiger partial charge in [0.1, 0.15) is 0 Å². The largest absolute Gasteiger partial charge is 0.345 e. The van der Waals surface area contributed by atoms with Crippen molar-refractivity contribution in [3.8, 4) is 0 Å². The number of benzene rings is 1. The van der Waals surface area contributed by atoms with E-state index in [1.165, 1.54) is 0 Å². The van der Waals surface area contributed by atoms with Crippen LogP contribution in [0.5, 0.6) is 0 Å². The molecule has 0 atom stereocenters. The lowest BCUT2D eigenvalue weighted by molar-refractivity contribution is 0.632. The zero-order chi connectivity index (χ0) is 8.10. The number of rotatable bonds is 0. The van der Waals surface area contributed by atoms with Crippen LogP contribution in [0.2, 0.25) is 0 Å². The summed E-state index contributed by atoms with van der Waals surface area (Å²) in [5.41, 5.74) is 2.12. The molecule has 0 saturated heterocycles. The summed E-state index contributed by atoms with van der Waals surface area (Å²) in [7, 11) is 0. The van der Waals surface area contributed by atoms with E-state index >= 15 is 0 Å². The highest BCUT2D eigenvalue weighted by atomic mass is 35.5. The predicted octanol–water partition coefficient (Wildman–Crippen LogP) is 1.70. The van der Waals surface area contributed by atoms with Crippen molar-refractivity contribution < 1.29 is 4.66 Å². The number of halogens is 1. The van der Waals surface area contributed by atoms with Crippen molar-refractivity contribution in [1.82, 2.24) is 9.97 Å². The average molecular weight is 171 g/mol. The monoisotopic (exact) mass is 170 g/mol. The van der Waals surface area contributed by atoms with E-state index in [0.717, 1.165) is 11.0 Å². The second-order valence-electron chi connectivity index (χ2n) is 1.92. The van der Waals surface area contributed by atoms with E-state index in [2.05, 4.69) is 21.8 Å². The number of hydrogen-bond donors (Lipinski definition) is 2. The first-order valence-electron chi connectivity index (χ1n) is 3.02. The second-order valence-corrected chi connectivity index (χ2v) is 1.92. The molecule has 0 aliphatic rings. The summed E-state index contributed by atoms with van der Waals surface area (Å²) < 4.78 is 6.47. The summed E-state index contributed by atoms with van der Waals surface area (Å²) >= 11 is 3.64. The fourth-order valence-electron chi connectivity index (χ4n) is 0.880. The van der Waals surface area contributed by atoms with Crippen molar-refractivity contribution in [1.29, 1.82) is 0 Å². The van der Waals surface area contributed by atoms with Gasteiger partial charge >= 0.3 is 0 Å². The fraction of sp³-hybridized carbons (Fsp3) is 0. The van der Waals surface area contributed by atoms with Gasteiger partial charge in [-0.05, 0) is 12.1 Å². The molecule has 1 aromatic carbocycles. The molecule has 0 unspecified atom stereocenters. The lowest BCUT2D eigenvalue weighted by Gasteiger charge is -1.81. The Balaban J connectivity index is 0.000000281. The minimum atomic E-state index is 1.03. The molecule has 0 aliphatic carbocycles. The molecule has 0 radical (unpaired) electrons. The van der Waals surface area contributed by atoms with Crippen LogP contribution in [0.25, 0.3) is 11.0 Å². The van der Waals surface area contributed by atoms with Crippen LogP contribution in [0.3, 0.4) is 0 Å². The third-order valence-electron chi connectivity index (χ3n) is 1.33. The zero-order valence-corrected chi connectivity index (χ0v) is 6.42. The van der Waals surface area contributed by atoms with Gasteiger partial charge in [0.05, 0.1) is 29.2 Å². The van der Waals surface area contributed by atoms with Gasteiger partial charge in [0, 0.05) is 0 Å². The Hall–Kier alpha value is -1.06. The molecular weight excluding hydrogens is 164 g/mol. The lowest BCUT2D eigenvalue weighted by Crippen LogP contribution is -1.63. The third kappa shape index (κ3) is 1.69. The van der Waals surface area contributed by atoms with Crippen LogP contribution in [0.15, 0.2) is 30.6 Å². The summed E-state index contributed by atoms with van der Waals surface area (Å²) in [5, 5.41) is 0. The number of nitrogens with zero attached hydrogens (tertiary/aromatic N) is 1. The number of imidazole rings is 1. The molecule has 0 saturated carbocycles. The standard InChI is InChI=1S/C7H6N2.ClHO/c1-2-4-7-6(3-1)8-5-9-7;1-2/h1-5H,(H,8,9);2H. The maximum atomic E-state index is 6.47. The maximum Gasteiger partial charge on any atom is 0.0931 e. The van der Waals surface area contributed by atoms with Gasteiger partial charge in [-0.15, -0.1) is 0 Å². The first-order valence-corrected chi connectivity index (χ1v) is 3.35. The van der Waals surface area contributed by atoms with Gasteiger partial charge in [0.25, 0.3) is 0 Å². The highest BCUT2D eigenvalue weighted by Crippen LogP contribution is 2.05. The quantitative estimate of drug-likeness (QED) is 0.632. The number of nitrogens with one attached hydrogen (secondary N) is 1. The van der Waals surface area contributed by atoms with Crippen LogP contribution in [-0.4, -0.2) is 14.6 Å². The Bertz CT molecular complexity index is 290. The molecule has 1 aromatic heterocycles. The Kier molecular flexibility index (Phi) is 2.89. The molecule has 2 aromatic rings. The van der Waals surface area contributed by atoms with Crippen molar-refractivity contribution in [3.63, 3.8) is 0 Å². The van der Waals surface area contributed by atoms with Gasteiger partial charge in [-0.2, -0.15) is 0 Å². The lowest BCUT2D eigenvalue weighted by atomic mass is 10.3. The minimum Gasteiger partial charge on any atom is -0.345 e. The summed E-state index contributed by atoms with van der Waals surface area (Å²) in [6.07, 6.45) is 1.70. The molecule has 4 heteroatoms. The zero-order valence-electron chi connectivity index (χ0n) is 5.66. The molecule has 0 fully saturated rings.